The zero-order chi connectivity index (χ0) is 14.8. The predicted molar refractivity (Wildman–Crippen MR) is 86.8 cm³/mol. The molecule has 2 rings (SSSR count). The lowest BCUT2D eigenvalue weighted by molar-refractivity contribution is 0.242. The van der Waals surface area contributed by atoms with E-state index in [1.54, 1.807) is 0 Å². The van der Waals surface area contributed by atoms with Gasteiger partial charge >= 0.3 is 0 Å². The van der Waals surface area contributed by atoms with Gasteiger partial charge in [-0.15, -0.1) is 0 Å². The summed E-state index contributed by atoms with van der Waals surface area (Å²) in [5.74, 6) is 0. The Morgan fingerprint density at radius 2 is 1.95 bits per heavy atom. The van der Waals surface area contributed by atoms with Crippen LogP contribution in [0, 0.1) is 11.3 Å². The van der Waals surface area contributed by atoms with Gasteiger partial charge in [0.25, 0.3) is 0 Å². The SMILES string of the molecule is N#CCCC1CCCCN(Cc2ccccc2)CCCN1. The van der Waals surface area contributed by atoms with Crippen molar-refractivity contribution in [2.75, 3.05) is 19.6 Å². The molecular formula is C18H27N3. The summed E-state index contributed by atoms with van der Waals surface area (Å²) >= 11 is 0. The minimum atomic E-state index is 0.547. The van der Waals surface area contributed by atoms with E-state index in [-0.39, 0.29) is 0 Å². The number of hydrogen-bond donors (Lipinski definition) is 1. The Hall–Kier alpha value is -1.37. The summed E-state index contributed by atoms with van der Waals surface area (Å²) in [4.78, 5) is 2.58. The summed E-state index contributed by atoms with van der Waals surface area (Å²) in [7, 11) is 0. The van der Waals surface area contributed by atoms with E-state index >= 15 is 0 Å². The van der Waals surface area contributed by atoms with Gasteiger partial charge in [-0.1, -0.05) is 36.8 Å². The number of nitrogens with zero attached hydrogens (tertiary/aromatic N) is 2. The molecule has 1 atom stereocenters. The van der Waals surface area contributed by atoms with Crippen molar-refractivity contribution in [1.82, 2.24) is 10.2 Å². The van der Waals surface area contributed by atoms with Crippen molar-refractivity contribution < 1.29 is 0 Å². The molecule has 1 aromatic carbocycles. The molecule has 0 bridgehead atoms. The fraction of sp³-hybridized carbons (Fsp3) is 0.611. The van der Waals surface area contributed by atoms with Crippen molar-refractivity contribution in [3.05, 3.63) is 35.9 Å². The van der Waals surface area contributed by atoms with Crippen LogP contribution in [0.4, 0.5) is 0 Å². The number of benzene rings is 1. The van der Waals surface area contributed by atoms with Gasteiger partial charge in [0.05, 0.1) is 6.07 Å². The number of rotatable bonds is 4. The Kier molecular flexibility index (Phi) is 7.28. The second-order valence-corrected chi connectivity index (χ2v) is 5.96. The van der Waals surface area contributed by atoms with E-state index in [1.165, 1.54) is 37.8 Å². The minimum absolute atomic E-state index is 0.547. The van der Waals surface area contributed by atoms with E-state index in [2.05, 4.69) is 46.6 Å². The first-order valence-electron chi connectivity index (χ1n) is 8.25. The van der Waals surface area contributed by atoms with Crippen LogP contribution in [0.3, 0.4) is 0 Å². The van der Waals surface area contributed by atoms with E-state index < -0.39 is 0 Å². The van der Waals surface area contributed by atoms with Gasteiger partial charge in [0.15, 0.2) is 0 Å². The van der Waals surface area contributed by atoms with E-state index in [1.807, 2.05) is 0 Å². The molecule has 0 spiro atoms. The molecule has 114 valence electrons. The molecule has 0 amide bonds. The van der Waals surface area contributed by atoms with Crippen LogP contribution in [0.25, 0.3) is 0 Å². The highest BCUT2D eigenvalue weighted by atomic mass is 15.1. The third-order valence-corrected chi connectivity index (χ3v) is 4.21. The van der Waals surface area contributed by atoms with E-state index in [9.17, 15) is 0 Å². The molecule has 1 saturated heterocycles. The first-order valence-corrected chi connectivity index (χ1v) is 8.25. The Bertz CT molecular complexity index is 412. The summed E-state index contributed by atoms with van der Waals surface area (Å²) < 4.78 is 0. The first kappa shape index (κ1) is 16.0. The van der Waals surface area contributed by atoms with Gasteiger partial charge in [-0.2, -0.15) is 5.26 Å². The molecule has 0 radical (unpaired) electrons. The third kappa shape index (κ3) is 6.29. The molecule has 3 heteroatoms. The zero-order valence-electron chi connectivity index (χ0n) is 12.9. The van der Waals surface area contributed by atoms with Crippen LogP contribution in [0.5, 0.6) is 0 Å². The molecule has 1 heterocycles. The average molecular weight is 285 g/mol. The van der Waals surface area contributed by atoms with Crippen LogP contribution >= 0.6 is 0 Å². The van der Waals surface area contributed by atoms with Gasteiger partial charge in [0, 0.05) is 19.0 Å². The lowest BCUT2D eigenvalue weighted by atomic mass is 10.0. The Morgan fingerprint density at radius 3 is 2.76 bits per heavy atom. The summed E-state index contributed by atoms with van der Waals surface area (Å²) in [6, 6.07) is 13.6. The maximum Gasteiger partial charge on any atom is 0.0622 e. The molecule has 1 N–H and O–H groups in total. The second kappa shape index (κ2) is 9.55. The first-order chi connectivity index (χ1) is 10.4. The standard InChI is InChI=1S/C18H27N3/c19-12-6-11-18-10-4-5-14-21(15-7-13-20-18)16-17-8-2-1-3-9-17/h1-3,8-9,18,20H,4-7,10-11,13-16H2. The van der Waals surface area contributed by atoms with Gasteiger partial charge in [-0.3, -0.25) is 4.90 Å². The van der Waals surface area contributed by atoms with Crippen LogP contribution in [0.15, 0.2) is 30.3 Å². The highest BCUT2D eigenvalue weighted by Crippen LogP contribution is 2.12. The fourth-order valence-electron chi connectivity index (χ4n) is 3.03. The Labute approximate surface area is 129 Å². The highest BCUT2D eigenvalue weighted by Gasteiger charge is 2.12. The molecule has 1 aromatic rings. The van der Waals surface area contributed by atoms with Crippen LogP contribution in [-0.4, -0.2) is 30.6 Å². The normalized spacial score (nSPS) is 21.6. The molecule has 0 aromatic heterocycles. The molecule has 1 unspecified atom stereocenters. The predicted octanol–water partition coefficient (Wildman–Crippen LogP) is 3.32. The van der Waals surface area contributed by atoms with Crippen LogP contribution < -0.4 is 5.32 Å². The number of hydrogen-bond acceptors (Lipinski definition) is 3. The lowest BCUT2D eigenvalue weighted by Crippen LogP contribution is -2.34. The minimum Gasteiger partial charge on any atom is -0.314 e. The van der Waals surface area contributed by atoms with Crippen molar-refractivity contribution in [3.8, 4) is 6.07 Å². The van der Waals surface area contributed by atoms with E-state index in [0.717, 1.165) is 26.1 Å². The molecule has 21 heavy (non-hydrogen) atoms. The quantitative estimate of drug-likeness (QED) is 0.922. The maximum absolute atomic E-state index is 8.71. The summed E-state index contributed by atoms with van der Waals surface area (Å²) in [6.07, 6.45) is 6.60. The van der Waals surface area contributed by atoms with Crippen molar-refractivity contribution in [1.29, 1.82) is 5.26 Å². The highest BCUT2D eigenvalue weighted by molar-refractivity contribution is 5.14. The second-order valence-electron chi connectivity index (χ2n) is 5.96. The molecule has 1 aliphatic heterocycles. The summed E-state index contributed by atoms with van der Waals surface area (Å²) in [5, 5.41) is 12.3. The van der Waals surface area contributed by atoms with Gasteiger partial charge in [-0.25, -0.2) is 0 Å². The van der Waals surface area contributed by atoms with Gasteiger partial charge < -0.3 is 5.32 Å². The average Bonchev–Trinajstić information content (AvgIpc) is 2.53. The van der Waals surface area contributed by atoms with E-state index in [4.69, 9.17) is 5.26 Å². The van der Waals surface area contributed by atoms with Crippen molar-refractivity contribution >= 4 is 0 Å². The summed E-state index contributed by atoms with van der Waals surface area (Å²) in [5.41, 5.74) is 1.41. The molecule has 0 aliphatic carbocycles. The monoisotopic (exact) mass is 285 g/mol. The van der Waals surface area contributed by atoms with Crippen molar-refractivity contribution in [2.45, 2.75) is 51.1 Å². The van der Waals surface area contributed by atoms with Crippen molar-refractivity contribution in [2.24, 2.45) is 0 Å². The van der Waals surface area contributed by atoms with Gasteiger partial charge in [0.1, 0.15) is 0 Å². The number of nitriles is 1. The molecule has 1 aliphatic rings. The topological polar surface area (TPSA) is 39.1 Å². The molecule has 1 fully saturated rings. The largest absolute Gasteiger partial charge is 0.314 e. The lowest BCUT2D eigenvalue weighted by Gasteiger charge is -2.26. The van der Waals surface area contributed by atoms with Crippen LogP contribution in [0.2, 0.25) is 0 Å². The zero-order valence-corrected chi connectivity index (χ0v) is 12.9. The smallest absolute Gasteiger partial charge is 0.0622 e. The van der Waals surface area contributed by atoms with Gasteiger partial charge in [-0.05, 0) is 50.9 Å². The molecular weight excluding hydrogens is 258 g/mol. The fourth-order valence-corrected chi connectivity index (χ4v) is 3.03. The van der Waals surface area contributed by atoms with Crippen LogP contribution in [-0.2, 0) is 6.54 Å². The van der Waals surface area contributed by atoms with Crippen molar-refractivity contribution in [3.63, 3.8) is 0 Å². The van der Waals surface area contributed by atoms with Crippen LogP contribution in [0.1, 0.15) is 44.1 Å². The van der Waals surface area contributed by atoms with E-state index in [0.29, 0.717) is 12.5 Å². The van der Waals surface area contributed by atoms with Gasteiger partial charge in [0.2, 0.25) is 0 Å². The Morgan fingerprint density at radius 1 is 1.14 bits per heavy atom. The summed E-state index contributed by atoms with van der Waals surface area (Å²) in [6.45, 7) is 4.49. The third-order valence-electron chi connectivity index (χ3n) is 4.21. The molecule has 3 nitrogen and oxygen atoms in total. The maximum atomic E-state index is 8.71. The molecule has 0 saturated carbocycles. The Balaban J connectivity index is 1.77. The number of nitrogens with one attached hydrogen (secondary N) is 1.